The predicted molar refractivity (Wildman–Crippen MR) is 78.8 cm³/mol. The van der Waals surface area contributed by atoms with Gasteiger partial charge in [-0.3, -0.25) is 10.1 Å². The van der Waals surface area contributed by atoms with E-state index in [-0.39, 0.29) is 11.7 Å². The number of benzene rings is 1. The number of pyridine rings is 1. The molecule has 20 heavy (non-hydrogen) atoms. The minimum absolute atomic E-state index is 0.00469. The molecular weight excluding hydrogens is 254 g/mol. The Morgan fingerprint density at radius 2 is 2.00 bits per heavy atom. The molecule has 1 unspecified atom stereocenters. The molecule has 5 nitrogen and oxygen atoms in total. The largest absolute Gasteiger partial charge is 0.364 e. The SMILES string of the molecule is Cc1cccc(C(C)Nc2ccc([N+](=O)[O-])cn2)c1C. The van der Waals surface area contributed by atoms with Crippen LogP contribution in [0, 0.1) is 24.0 Å². The number of hydrogen-bond acceptors (Lipinski definition) is 4. The van der Waals surface area contributed by atoms with E-state index in [4.69, 9.17) is 0 Å². The molecule has 0 aliphatic carbocycles. The molecule has 1 aromatic heterocycles. The highest BCUT2D eigenvalue weighted by atomic mass is 16.6. The van der Waals surface area contributed by atoms with Crippen LogP contribution in [-0.2, 0) is 0 Å². The molecule has 2 rings (SSSR count). The Morgan fingerprint density at radius 1 is 1.25 bits per heavy atom. The van der Waals surface area contributed by atoms with Crippen LogP contribution < -0.4 is 5.32 Å². The van der Waals surface area contributed by atoms with Crippen LogP contribution in [0.1, 0.15) is 29.7 Å². The Kier molecular flexibility index (Phi) is 3.98. The van der Waals surface area contributed by atoms with E-state index in [1.807, 2.05) is 13.0 Å². The highest BCUT2D eigenvalue weighted by molar-refractivity contribution is 5.44. The van der Waals surface area contributed by atoms with Gasteiger partial charge in [0.25, 0.3) is 5.69 Å². The van der Waals surface area contributed by atoms with Gasteiger partial charge in [0.2, 0.25) is 0 Å². The van der Waals surface area contributed by atoms with Crippen LogP contribution in [0.3, 0.4) is 0 Å². The number of nitrogens with one attached hydrogen (secondary N) is 1. The van der Waals surface area contributed by atoms with E-state index in [1.165, 1.54) is 29.0 Å². The third kappa shape index (κ3) is 2.93. The second-order valence-electron chi connectivity index (χ2n) is 4.81. The van der Waals surface area contributed by atoms with Crippen molar-refractivity contribution in [3.8, 4) is 0 Å². The van der Waals surface area contributed by atoms with Gasteiger partial charge < -0.3 is 5.32 Å². The normalized spacial score (nSPS) is 11.9. The lowest BCUT2D eigenvalue weighted by atomic mass is 9.98. The van der Waals surface area contributed by atoms with Crippen molar-refractivity contribution in [2.45, 2.75) is 26.8 Å². The molecular formula is C15H17N3O2. The van der Waals surface area contributed by atoms with E-state index in [0.717, 1.165) is 0 Å². The molecule has 0 aliphatic heterocycles. The Hall–Kier alpha value is -2.43. The smallest absolute Gasteiger partial charge is 0.287 e. The van der Waals surface area contributed by atoms with Crippen LogP contribution in [-0.4, -0.2) is 9.91 Å². The van der Waals surface area contributed by atoms with Crippen LogP contribution in [0.25, 0.3) is 0 Å². The number of nitrogens with zero attached hydrogens (tertiary/aromatic N) is 2. The van der Waals surface area contributed by atoms with Crippen molar-refractivity contribution in [1.29, 1.82) is 0 Å². The van der Waals surface area contributed by atoms with Gasteiger partial charge in [-0.05, 0) is 43.5 Å². The van der Waals surface area contributed by atoms with E-state index in [2.05, 4.69) is 36.3 Å². The lowest BCUT2D eigenvalue weighted by Crippen LogP contribution is -2.10. The van der Waals surface area contributed by atoms with Gasteiger partial charge in [0.05, 0.1) is 11.0 Å². The number of nitro groups is 1. The highest BCUT2D eigenvalue weighted by Gasteiger charge is 2.11. The fraction of sp³-hybridized carbons (Fsp3) is 0.267. The van der Waals surface area contributed by atoms with Crippen LogP contribution in [0.5, 0.6) is 0 Å². The molecule has 1 aromatic carbocycles. The Balaban J connectivity index is 2.17. The fourth-order valence-corrected chi connectivity index (χ4v) is 2.12. The fourth-order valence-electron chi connectivity index (χ4n) is 2.12. The van der Waals surface area contributed by atoms with Crippen LogP contribution in [0.2, 0.25) is 0 Å². The molecule has 1 N–H and O–H groups in total. The molecule has 0 spiro atoms. The molecule has 0 fully saturated rings. The van der Waals surface area contributed by atoms with Gasteiger partial charge in [-0.15, -0.1) is 0 Å². The quantitative estimate of drug-likeness (QED) is 0.678. The van der Waals surface area contributed by atoms with Gasteiger partial charge in [0.15, 0.2) is 0 Å². The summed E-state index contributed by atoms with van der Waals surface area (Å²) in [6, 6.07) is 9.34. The first kappa shape index (κ1) is 14.0. The summed E-state index contributed by atoms with van der Waals surface area (Å²) in [4.78, 5) is 14.2. The summed E-state index contributed by atoms with van der Waals surface area (Å²) in [6.45, 7) is 6.21. The zero-order valence-corrected chi connectivity index (χ0v) is 11.8. The molecule has 2 aromatic rings. The van der Waals surface area contributed by atoms with Crippen molar-refractivity contribution in [3.05, 3.63) is 63.3 Å². The summed E-state index contributed by atoms with van der Waals surface area (Å²) < 4.78 is 0. The van der Waals surface area contributed by atoms with Gasteiger partial charge in [-0.1, -0.05) is 18.2 Å². The van der Waals surface area contributed by atoms with E-state index in [0.29, 0.717) is 5.82 Å². The third-order valence-corrected chi connectivity index (χ3v) is 3.44. The first-order valence-corrected chi connectivity index (χ1v) is 6.42. The summed E-state index contributed by atoms with van der Waals surface area (Å²) in [6.07, 6.45) is 1.26. The first-order chi connectivity index (χ1) is 9.49. The number of anilines is 1. The topological polar surface area (TPSA) is 68.1 Å². The summed E-state index contributed by atoms with van der Waals surface area (Å²) in [5, 5.41) is 13.8. The van der Waals surface area contributed by atoms with E-state index in [1.54, 1.807) is 6.07 Å². The summed E-state index contributed by atoms with van der Waals surface area (Å²) in [5.74, 6) is 0.629. The Morgan fingerprint density at radius 3 is 2.60 bits per heavy atom. The summed E-state index contributed by atoms with van der Waals surface area (Å²) in [5.41, 5.74) is 3.68. The van der Waals surface area contributed by atoms with Crippen molar-refractivity contribution < 1.29 is 4.92 Å². The minimum atomic E-state index is -0.453. The first-order valence-electron chi connectivity index (χ1n) is 6.42. The molecule has 1 heterocycles. The number of hydrogen-bond donors (Lipinski definition) is 1. The van der Waals surface area contributed by atoms with Gasteiger partial charge in [-0.2, -0.15) is 0 Å². The number of aryl methyl sites for hydroxylation is 1. The van der Waals surface area contributed by atoms with Crippen molar-refractivity contribution in [1.82, 2.24) is 4.98 Å². The molecule has 5 heteroatoms. The van der Waals surface area contributed by atoms with Crippen molar-refractivity contribution >= 4 is 11.5 Å². The van der Waals surface area contributed by atoms with Gasteiger partial charge >= 0.3 is 0 Å². The van der Waals surface area contributed by atoms with Crippen LogP contribution in [0.15, 0.2) is 36.5 Å². The van der Waals surface area contributed by atoms with E-state index in [9.17, 15) is 10.1 Å². The predicted octanol–water partition coefficient (Wildman–Crippen LogP) is 3.78. The lowest BCUT2D eigenvalue weighted by molar-refractivity contribution is -0.385. The molecule has 0 aliphatic rings. The number of rotatable bonds is 4. The van der Waals surface area contributed by atoms with Crippen molar-refractivity contribution in [2.24, 2.45) is 0 Å². The molecule has 104 valence electrons. The molecule has 0 saturated heterocycles. The van der Waals surface area contributed by atoms with Crippen molar-refractivity contribution in [3.63, 3.8) is 0 Å². The highest BCUT2D eigenvalue weighted by Crippen LogP contribution is 2.23. The maximum atomic E-state index is 10.6. The average Bonchev–Trinajstić information content (AvgIpc) is 2.42. The van der Waals surface area contributed by atoms with E-state index < -0.39 is 4.92 Å². The second-order valence-corrected chi connectivity index (χ2v) is 4.81. The van der Waals surface area contributed by atoms with Gasteiger partial charge in [-0.25, -0.2) is 4.98 Å². The van der Waals surface area contributed by atoms with E-state index >= 15 is 0 Å². The Bertz CT molecular complexity index is 624. The molecule has 1 atom stereocenters. The molecule has 0 bridgehead atoms. The summed E-state index contributed by atoms with van der Waals surface area (Å²) in [7, 11) is 0. The maximum absolute atomic E-state index is 10.6. The molecule has 0 amide bonds. The van der Waals surface area contributed by atoms with Crippen LogP contribution in [0.4, 0.5) is 11.5 Å². The zero-order chi connectivity index (χ0) is 14.7. The average molecular weight is 271 g/mol. The summed E-state index contributed by atoms with van der Waals surface area (Å²) >= 11 is 0. The molecule has 0 radical (unpaired) electrons. The minimum Gasteiger partial charge on any atom is -0.364 e. The zero-order valence-electron chi connectivity index (χ0n) is 11.8. The monoisotopic (exact) mass is 271 g/mol. The third-order valence-electron chi connectivity index (χ3n) is 3.44. The molecule has 0 saturated carbocycles. The van der Waals surface area contributed by atoms with Crippen LogP contribution >= 0.6 is 0 Å². The lowest BCUT2D eigenvalue weighted by Gasteiger charge is -2.18. The Labute approximate surface area is 117 Å². The standard InChI is InChI=1S/C15H17N3O2/c1-10-5-4-6-14(11(10)2)12(3)17-15-8-7-13(9-16-15)18(19)20/h4-9,12H,1-3H3,(H,16,17). The second kappa shape index (κ2) is 5.69. The van der Waals surface area contributed by atoms with Crippen molar-refractivity contribution in [2.75, 3.05) is 5.32 Å². The maximum Gasteiger partial charge on any atom is 0.287 e. The van der Waals surface area contributed by atoms with Gasteiger partial charge in [0, 0.05) is 6.07 Å². The number of aromatic nitrogens is 1. The van der Waals surface area contributed by atoms with Gasteiger partial charge in [0.1, 0.15) is 12.0 Å².